The highest BCUT2D eigenvalue weighted by atomic mass is 32.1. The number of halogens is 1. The summed E-state index contributed by atoms with van der Waals surface area (Å²) in [6.07, 6.45) is 0.857. The first-order valence-corrected chi connectivity index (χ1v) is 13.0. The number of amides is 1. The van der Waals surface area contributed by atoms with E-state index in [1.165, 1.54) is 23.1 Å². The van der Waals surface area contributed by atoms with Crippen LogP contribution in [0.15, 0.2) is 72.3 Å². The van der Waals surface area contributed by atoms with Gasteiger partial charge < -0.3 is 14.7 Å². The molecule has 0 saturated carbocycles. The third-order valence-corrected chi connectivity index (χ3v) is 7.33. The van der Waals surface area contributed by atoms with Crippen LogP contribution in [0.3, 0.4) is 0 Å². The zero-order chi connectivity index (χ0) is 27.0. The Hall–Kier alpha value is -4.24. The Balaban J connectivity index is 1.65. The first-order valence-electron chi connectivity index (χ1n) is 12.2. The molecular weight excluding hydrogens is 505 g/mol. The molecule has 1 aliphatic heterocycles. The number of carbonyl (C=O) groups excluding carboxylic acids is 2. The number of benzene rings is 3. The van der Waals surface area contributed by atoms with Crippen molar-refractivity contribution in [3.05, 3.63) is 89.2 Å². The van der Waals surface area contributed by atoms with Crippen LogP contribution in [0.1, 0.15) is 30.5 Å². The van der Waals surface area contributed by atoms with Gasteiger partial charge in [-0.05, 0) is 66.6 Å². The maximum atomic E-state index is 13.8. The molecule has 1 aliphatic rings. The number of hydrogen-bond acceptors (Lipinski definition) is 7. The Morgan fingerprint density at radius 3 is 2.45 bits per heavy atom. The zero-order valence-corrected chi connectivity index (χ0v) is 22.0. The topological polar surface area (TPSA) is 83.0 Å². The van der Waals surface area contributed by atoms with Gasteiger partial charge in [0, 0.05) is 25.3 Å². The van der Waals surface area contributed by atoms with Crippen molar-refractivity contribution >= 4 is 49.8 Å². The lowest BCUT2D eigenvalue weighted by Gasteiger charge is -2.23. The number of nitrogens with zero attached hydrogens (tertiary/aromatic N) is 3. The summed E-state index contributed by atoms with van der Waals surface area (Å²) in [5, 5.41) is 11.6. The van der Waals surface area contributed by atoms with Gasteiger partial charge >= 0.3 is 5.91 Å². The van der Waals surface area contributed by atoms with Gasteiger partial charge in [-0.15, -0.1) is 0 Å². The average molecular weight is 532 g/mol. The SMILES string of the molecule is CCCOc1ccc(/C(O)=C2\C(=O)C(=O)N(c3nc4ccc(F)cc4s3)C2c2ccc(N(C)C)cc2)cc1. The Morgan fingerprint density at radius 1 is 1.08 bits per heavy atom. The van der Waals surface area contributed by atoms with E-state index < -0.39 is 23.5 Å². The van der Waals surface area contributed by atoms with Crippen molar-refractivity contribution in [3.63, 3.8) is 0 Å². The van der Waals surface area contributed by atoms with Crippen molar-refractivity contribution in [2.45, 2.75) is 19.4 Å². The molecule has 1 unspecified atom stereocenters. The van der Waals surface area contributed by atoms with Crippen molar-refractivity contribution in [3.8, 4) is 5.75 Å². The number of anilines is 2. The van der Waals surface area contributed by atoms with Crippen molar-refractivity contribution in [1.29, 1.82) is 0 Å². The zero-order valence-electron chi connectivity index (χ0n) is 21.1. The molecule has 0 aliphatic carbocycles. The molecule has 1 aromatic heterocycles. The van der Waals surface area contributed by atoms with Crippen LogP contribution in [-0.2, 0) is 9.59 Å². The summed E-state index contributed by atoms with van der Waals surface area (Å²) >= 11 is 1.11. The molecular formula is C29H26FN3O4S. The standard InChI is InChI=1S/C29H26FN3O4S/c1-4-15-37-21-12-7-18(8-13-21)26(34)24-25(17-5-10-20(11-6-17)32(2)3)33(28(36)27(24)35)29-31-22-14-9-19(30)16-23(22)38-29/h5-14,16,25,34H,4,15H2,1-3H3/b26-24+. The third kappa shape index (κ3) is 4.61. The number of rotatable bonds is 7. The number of hydrogen-bond donors (Lipinski definition) is 1. The van der Waals surface area contributed by atoms with Gasteiger partial charge in [-0.25, -0.2) is 9.37 Å². The van der Waals surface area contributed by atoms with E-state index in [1.54, 1.807) is 24.3 Å². The van der Waals surface area contributed by atoms with E-state index >= 15 is 0 Å². The summed E-state index contributed by atoms with van der Waals surface area (Å²) < 4.78 is 20.0. The second-order valence-corrected chi connectivity index (χ2v) is 10.1. The van der Waals surface area contributed by atoms with E-state index in [1.807, 2.05) is 50.2 Å². The van der Waals surface area contributed by atoms with E-state index in [9.17, 15) is 19.1 Å². The summed E-state index contributed by atoms with van der Waals surface area (Å²) in [6, 6.07) is 17.4. The number of carbonyl (C=O) groups is 2. The lowest BCUT2D eigenvalue weighted by molar-refractivity contribution is -0.132. The van der Waals surface area contributed by atoms with Crippen LogP contribution in [0.25, 0.3) is 16.0 Å². The molecule has 1 fully saturated rings. The first kappa shape index (κ1) is 25.4. The highest BCUT2D eigenvalue weighted by Gasteiger charge is 2.48. The van der Waals surface area contributed by atoms with Crippen LogP contribution >= 0.6 is 11.3 Å². The van der Waals surface area contributed by atoms with Crippen LogP contribution in [0.4, 0.5) is 15.2 Å². The summed E-state index contributed by atoms with van der Waals surface area (Å²) in [4.78, 5) is 34.6. The molecule has 4 aromatic rings. The Kier molecular flexibility index (Phi) is 6.86. The molecule has 1 atom stereocenters. The van der Waals surface area contributed by atoms with Crippen molar-refractivity contribution in [2.24, 2.45) is 0 Å². The van der Waals surface area contributed by atoms with Gasteiger partial charge in [0.05, 0.1) is 28.4 Å². The number of aliphatic hydroxyl groups excluding tert-OH is 1. The predicted molar refractivity (Wildman–Crippen MR) is 147 cm³/mol. The molecule has 1 amide bonds. The minimum absolute atomic E-state index is 0.0414. The molecule has 38 heavy (non-hydrogen) atoms. The maximum Gasteiger partial charge on any atom is 0.301 e. The van der Waals surface area contributed by atoms with Gasteiger partial charge in [-0.2, -0.15) is 0 Å². The van der Waals surface area contributed by atoms with Crippen LogP contribution in [0.5, 0.6) is 5.75 Å². The van der Waals surface area contributed by atoms with E-state index in [0.717, 1.165) is 23.4 Å². The Bertz CT molecular complexity index is 1540. The van der Waals surface area contributed by atoms with Crippen LogP contribution in [-0.4, -0.2) is 42.5 Å². The molecule has 194 valence electrons. The van der Waals surface area contributed by atoms with Crippen molar-refractivity contribution in [1.82, 2.24) is 4.98 Å². The first-order chi connectivity index (χ1) is 18.3. The number of aliphatic hydroxyl groups is 1. The molecule has 0 bridgehead atoms. The number of ketones is 1. The van der Waals surface area contributed by atoms with E-state index in [4.69, 9.17) is 4.74 Å². The van der Waals surface area contributed by atoms with Gasteiger partial charge in [0.15, 0.2) is 5.13 Å². The molecule has 1 N–H and O–H groups in total. The van der Waals surface area contributed by atoms with Crippen LogP contribution in [0, 0.1) is 5.82 Å². The lowest BCUT2D eigenvalue weighted by atomic mass is 9.95. The van der Waals surface area contributed by atoms with Gasteiger partial charge in [-0.3, -0.25) is 14.5 Å². The van der Waals surface area contributed by atoms with Crippen molar-refractivity contribution in [2.75, 3.05) is 30.5 Å². The molecule has 2 heterocycles. The molecule has 0 radical (unpaired) electrons. The van der Waals surface area contributed by atoms with Gasteiger partial charge in [0.2, 0.25) is 0 Å². The minimum Gasteiger partial charge on any atom is -0.507 e. The van der Waals surface area contributed by atoms with E-state index in [0.29, 0.717) is 33.7 Å². The van der Waals surface area contributed by atoms with Crippen molar-refractivity contribution < 1.29 is 23.8 Å². The Morgan fingerprint density at radius 2 is 1.79 bits per heavy atom. The molecule has 9 heteroatoms. The molecule has 0 spiro atoms. The highest BCUT2D eigenvalue weighted by Crippen LogP contribution is 2.44. The van der Waals surface area contributed by atoms with Gasteiger partial charge in [0.1, 0.15) is 17.3 Å². The average Bonchev–Trinajstić information content (AvgIpc) is 3.44. The Labute approximate surface area is 223 Å². The highest BCUT2D eigenvalue weighted by molar-refractivity contribution is 7.22. The number of Topliss-reactive ketones (excluding diaryl/α,β-unsaturated/α-hetero) is 1. The second kappa shape index (κ2) is 10.3. The smallest absolute Gasteiger partial charge is 0.301 e. The number of aromatic nitrogens is 1. The number of fused-ring (bicyclic) bond motifs is 1. The summed E-state index contributed by atoms with van der Waals surface area (Å²) in [5.74, 6) is -1.70. The maximum absolute atomic E-state index is 13.8. The van der Waals surface area contributed by atoms with Crippen LogP contribution in [0.2, 0.25) is 0 Å². The van der Waals surface area contributed by atoms with Crippen LogP contribution < -0.4 is 14.5 Å². The minimum atomic E-state index is -0.923. The normalized spacial score (nSPS) is 16.8. The predicted octanol–water partition coefficient (Wildman–Crippen LogP) is 5.92. The fraction of sp³-hybridized carbons (Fsp3) is 0.207. The summed E-state index contributed by atoms with van der Waals surface area (Å²) in [7, 11) is 3.82. The summed E-state index contributed by atoms with van der Waals surface area (Å²) in [6.45, 7) is 2.57. The fourth-order valence-electron chi connectivity index (χ4n) is 4.37. The molecule has 5 rings (SSSR count). The van der Waals surface area contributed by atoms with Gasteiger partial charge in [0.25, 0.3) is 5.78 Å². The monoisotopic (exact) mass is 531 g/mol. The number of thiazole rings is 1. The molecule has 1 saturated heterocycles. The molecule has 3 aromatic carbocycles. The van der Waals surface area contributed by atoms with E-state index in [2.05, 4.69) is 4.98 Å². The second-order valence-electron chi connectivity index (χ2n) is 9.14. The van der Waals surface area contributed by atoms with Gasteiger partial charge in [-0.1, -0.05) is 30.4 Å². The quantitative estimate of drug-likeness (QED) is 0.181. The third-order valence-electron chi connectivity index (χ3n) is 6.32. The lowest BCUT2D eigenvalue weighted by Crippen LogP contribution is -2.29. The van der Waals surface area contributed by atoms with E-state index in [-0.39, 0.29) is 16.5 Å². The molecule has 7 nitrogen and oxygen atoms in total. The fourth-order valence-corrected chi connectivity index (χ4v) is 5.39. The largest absolute Gasteiger partial charge is 0.507 e. The number of ether oxygens (including phenoxy) is 1. The summed E-state index contributed by atoms with van der Waals surface area (Å²) in [5.41, 5.74) is 2.42.